The van der Waals surface area contributed by atoms with E-state index in [1.165, 1.54) is 6.07 Å². The van der Waals surface area contributed by atoms with Crippen molar-refractivity contribution in [2.45, 2.75) is 25.9 Å². The molecule has 2 atom stereocenters. The summed E-state index contributed by atoms with van der Waals surface area (Å²) in [6.45, 7) is 3.93. The van der Waals surface area contributed by atoms with Crippen molar-refractivity contribution in [3.63, 3.8) is 0 Å². The number of anilines is 1. The van der Waals surface area contributed by atoms with Crippen molar-refractivity contribution in [2.24, 2.45) is 0 Å². The quantitative estimate of drug-likeness (QED) is 0.334. The number of nitrogens with zero attached hydrogens (tertiary/aromatic N) is 3. The number of pyridine rings is 1. The minimum Gasteiger partial charge on any atom is -0.506 e. The van der Waals surface area contributed by atoms with E-state index in [9.17, 15) is 9.50 Å². The van der Waals surface area contributed by atoms with Crippen LogP contribution in [0.2, 0.25) is 5.02 Å². The van der Waals surface area contributed by atoms with Crippen molar-refractivity contribution in [2.75, 3.05) is 4.90 Å². The second-order valence-electron chi connectivity index (χ2n) is 8.24. The maximum Gasteiger partial charge on any atom is 0.174 e. The van der Waals surface area contributed by atoms with Gasteiger partial charge in [-0.3, -0.25) is 4.98 Å². The Hall–Kier alpha value is -3.42. The normalized spacial score (nSPS) is 17.8. The molecule has 5 nitrogen and oxygen atoms in total. The number of aromatic nitrogens is 2. The van der Waals surface area contributed by atoms with Crippen LogP contribution in [0.1, 0.15) is 34.7 Å². The van der Waals surface area contributed by atoms with E-state index >= 15 is 0 Å². The van der Waals surface area contributed by atoms with Crippen LogP contribution in [0.4, 0.5) is 10.1 Å². The van der Waals surface area contributed by atoms with Crippen LogP contribution in [-0.4, -0.2) is 19.8 Å². The summed E-state index contributed by atoms with van der Waals surface area (Å²) in [5.41, 5.74) is 4.48. The number of aryl methyl sites for hydroxylation is 1. The first-order valence-electron chi connectivity index (χ1n) is 10.8. The first-order valence-corrected chi connectivity index (χ1v) is 11.6. The van der Waals surface area contributed by atoms with Gasteiger partial charge in [0.1, 0.15) is 11.6 Å². The summed E-state index contributed by atoms with van der Waals surface area (Å²) in [4.78, 5) is 6.37. The third-order valence-electron chi connectivity index (χ3n) is 6.18. The number of phenols is 1. The second-order valence-corrected chi connectivity index (χ2v) is 9.07. The van der Waals surface area contributed by atoms with Crippen molar-refractivity contribution >= 4 is 34.6 Å². The van der Waals surface area contributed by atoms with E-state index in [0.29, 0.717) is 21.5 Å². The van der Waals surface area contributed by atoms with Gasteiger partial charge in [0.15, 0.2) is 5.11 Å². The van der Waals surface area contributed by atoms with Crippen LogP contribution in [0.3, 0.4) is 0 Å². The van der Waals surface area contributed by atoms with Gasteiger partial charge in [0.25, 0.3) is 0 Å². The molecule has 1 saturated heterocycles. The van der Waals surface area contributed by atoms with Crippen LogP contribution in [0.25, 0.3) is 5.69 Å². The van der Waals surface area contributed by atoms with Crippen LogP contribution in [0.15, 0.2) is 72.9 Å². The van der Waals surface area contributed by atoms with Crippen molar-refractivity contribution in [1.29, 1.82) is 0 Å². The maximum absolute atomic E-state index is 15.0. The zero-order chi connectivity index (χ0) is 24.0. The molecule has 2 N–H and O–H groups in total. The Morgan fingerprint density at radius 2 is 1.79 bits per heavy atom. The number of aromatic hydroxyl groups is 1. The summed E-state index contributed by atoms with van der Waals surface area (Å²) in [5, 5.41) is 14.9. The molecule has 2 aromatic heterocycles. The van der Waals surface area contributed by atoms with Gasteiger partial charge in [-0.15, -0.1) is 0 Å². The summed E-state index contributed by atoms with van der Waals surface area (Å²) < 4.78 is 16.9. The third-order valence-corrected chi connectivity index (χ3v) is 6.73. The Bertz CT molecular complexity index is 1390. The molecule has 0 radical (unpaired) electrons. The number of hydrogen-bond acceptors (Lipinski definition) is 3. The third kappa shape index (κ3) is 3.71. The van der Waals surface area contributed by atoms with Crippen LogP contribution in [-0.2, 0) is 0 Å². The molecule has 34 heavy (non-hydrogen) atoms. The predicted molar refractivity (Wildman–Crippen MR) is 136 cm³/mol. The molecule has 3 heterocycles. The average molecular weight is 493 g/mol. The monoisotopic (exact) mass is 492 g/mol. The number of halogens is 2. The number of rotatable bonds is 4. The van der Waals surface area contributed by atoms with E-state index in [-0.39, 0.29) is 23.7 Å². The van der Waals surface area contributed by atoms with Crippen molar-refractivity contribution < 1.29 is 9.50 Å². The minimum absolute atomic E-state index is 0.116. The fourth-order valence-corrected chi connectivity index (χ4v) is 5.22. The fourth-order valence-electron chi connectivity index (χ4n) is 4.71. The topological polar surface area (TPSA) is 53.3 Å². The highest BCUT2D eigenvalue weighted by Gasteiger charge is 2.43. The summed E-state index contributed by atoms with van der Waals surface area (Å²) in [6, 6.07) is 18.6. The molecule has 0 amide bonds. The summed E-state index contributed by atoms with van der Waals surface area (Å²) in [7, 11) is 0. The Morgan fingerprint density at radius 1 is 1.03 bits per heavy atom. The van der Waals surface area contributed by atoms with Gasteiger partial charge in [-0.1, -0.05) is 29.8 Å². The summed E-state index contributed by atoms with van der Waals surface area (Å²) >= 11 is 11.9. The van der Waals surface area contributed by atoms with E-state index in [0.717, 1.165) is 22.6 Å². The molecule has 0 aliphatic carbocycles. The Balaban J connectivity index is 1.72. The molecule has 5 rings (SSSR count). The van der Waals surface area contributed by atoms with Crippen LogP contribution in [0.5, 0.6) is 5.75 Å². The molecule has 1 aliphatic heterocycles. The molecule has 8 heteroatoms. The Labute approximate surface area is 207 Å². The predicted octanol–water partition coefficient (Wildman–Crippen LogP) is 6.16. The average Bonchev–Trinajstić information content (AvgIpc) is 3.31. The molecule has 1 fully saturated rings. The molecule has 1 aliphatic rings. The van der Waals surface area contributed by atoms with E-state index in [4.69, 9.17) is 23.8 Å². The SMILES string of the molecule is Cc1cc([C@@H]2[C@@H](c3ccccn3)NC(=S)N2c2ccccc2F)c(C)n1-c1cc(Cl)ccc1O. The Morgan fingerprint density at radius 3 is 2.53 bits per heavy atom. The van der Waals surface area contributed by atoms with E-state index in [1.807, 2.05) is 47.6 Å². The van der Waals surface area contributed by atoms with Gasteiger partial charge >= 0.3 is 0 Å². The van der Waals surface area contributed by atoms with Gasteiger partial charge in [0, 0.05) is 22.6 Å². The maximum atomic E-state index is 15.0. The highest BCUT2D eigenvalue weighted by Crippen LogP contribution is 2.44. The van der Waals surface area contributed by atoms with Crippen LogP contribution >= 0.6 is 23.8 Å². The lowest BCUT2D eigenvalue weighted by molar-refractivity contribution is 0.471. The molecule has 0 unspecified atom stereocenters. The molecule has 0 saturated carbocycles. The van der Waals surface area contributed by atoms with Crippen molar-refractivity contribution in [3.8, 4) is 11.4 Å². The second kappa shape index (κ2) is 8.74. The number of para-hydroxylation sites is 1. The van der Waals surface area contributed by atoms with Crippen LogP contribution in [0, 0.1) is 19.7 Å². The molecule has 2 aromatic carbocycles. The van der Waals surface area contributed by atoms with E-state index < -0.39 is 0 Å². The molecular formula is C26H22ClFN4OS. The number of thiocarbonyl (C=S) groups is 1. The molecule has 172 valence electrons. The number of benzene rings is 2. The van der Waals surface area contributed by atoms with Crippen molar-refractivity contribution in [3.05, 3.63) is 106 Å². The van der Waals surface area contributed by atoms with Gasteiger partial charge in [-0.25, -0.2) is 4.39 Å². The minimum atomic E-state index is -0.374. The Kier molecular flexibility index (Phi) is 5.75. The highest BCUT2D eigenvalue weighted by atomic mass is 35.5. The van der Waals surface area contributed by atoms with E-state index in [1.54, 1.807) is 42.6 Å². The van der Waals surface area contributed by atoms with Gasteiger partial charge in [-0.2, -0.15) is 0 Å². The number of hydrogen-bond donors (Lipinski definition) is 2. The zero-order valence-electron chi connectivity index (χ0n) is 18.5. The zero-order valence-corrected chi connectivity index (χ0v) is 20.1. The number of nitrogens with one attached hydrogen (secondary N) is 1. The summed E-state index contributed by atoms with van der Waals surface area (Å²) in [5.74, 6) is -0.246. The molecule has 0 spiro atoms. The van der Waals surface area contributed by atoms with Gasteiger partial charge < -0.3 is 19.9 Å². The lowest BCUT2D eigenvalue weighted by Crippen LogP contribution is -2.30. The smallest absolute Gasteiger partial charge is 0.174 e. The molecule has 4 aromatic rings. The molecule has 0 bridgehead atoms. The van der Waals surface area contributed by atoms with Gasteiger partial charge in [0.05, 0.1) is 29.2 Å². The van der Waals surface area contributed by atoms with Crippen LogP contribution < -0.4 is 10.2 Å². The largest absolute Gasteiger partial charge is 0.506 e. The fraction of sp³-hybridized carbons (Fsp3) is 0.154. The highest BCUT2D eigenvalue weighted by molar-refractivity contribution is 7.80. The van der Waals surface area contributed by atoms with Gasteiger partial charge in [-0.05, 0) is 80.2 Å². The number of phenolic OH excluding ortho intramolecular Hbond substituents is 1. The summed E-state index contributed by atoms with van der Waals surface area (Å²) in [6.07, 6.45) is 1.73. The lowest BCUT2D eigenvalue weighted by atomic mass is 9.96. The lowest BCUT2D eigenvalue weighted by Gasteiger charge is -2.28. The first kappa shape index (κ1) is 22.4. The van der Waals surface area contributed by atoms with E-state index in [2.05, 4.69) is 10.3 Å². The standard InChI is InChI=1S/C26H22ClFN4OS/c1-15-13-18(16(2)31(15)22-14-17(27)10-11-23(22)33)25-24(20-8-5-6-12-29-20)30-26(34)32(25)21-9-4-3-7-19(21)28/h3-14,24-25,33H,1-2H3,(H,30,34)/t24-,25-/m1/s1. The van der Waals surface area contributed by atoms with Crippen molar-refractivity contribution in [1.82, 2.24) is 14.9 Å². The van der Waals surface area contributed by atoms with Gasteiger partial charge in [0.2, 0.25) is 0 Å². The molecular weight excluding hydrogens is 471 g/mol. The first-order chi connectivity index (χ1) is 16.4.